The number of benzene rings is 1. The Kier molecular flexibility index (Phi) is 4.02. The molecule has 0 saturated carbocycles. The van der Waals surface area contributed by atoms with Crippen LogP contribution in [0.5, 0.6) is 0 Å². The highest BCUT2D eigenvalue weighted by Gasteiger charge is 2.25. The van der Waals surface area contributed by atoms with Gasteiger partial charge < -0.3 is 10.2 Å². The molecule has 0 radical (unpaired) electrons. The van der Waals surface area contributed by atoms with Gasteiger partial charge in [-0.05, 0) is 48.0 Å². The van der Waals surface area contributed by atoms with Gasteiger partial charge in [0, 0.05) is 30.7 Å². The molecule has 0 spiro atoms. The molecule has 0 bridgehead atoms. The van der Waals surface area contributed by atoms with E-state index in [4.69, 9.17) is 0 Å². The number of hydrogen-bond acceptors (Lipinski definition) is 2. The molecule has 2 unspecified atom stereocenters. The average molecular weight is 315 g/mol. The monoisotopic (exact) mass is 314 g/mol. The molecule has 1 N–H and O–H groups in total. The lowest BCUT2D eigenvalue weighted by Crippen LogP contribution is -2.55. The van der Waals surface area contributed by atoms with Crippen LogP contribution in [0.4, 0.5) is 4.39 Å². The van der Waals surface area contributed by atoms with Gasteiger partial charge in [-0.1, -0.05) is 0 Å². The predicted molar refractivity (Wildman–Crippen MR) is 72.1 cm³/mol. The van der Waals surface area contributed by atoms with Crippen LogP contribution in [0.2, 0.25) is 0 Å². The number of nitrogens with one attached hydrogen (secondary N) is 1. The fourth-order valence-corrected chi connectivity index (χ4v) is 2.55. The van der Waals surface area contributed by atoms with Crippen LogP contribution in [0, 0.1) is 5.82 Å². The zero-order chi connectivity index (χ0) is 13.3. The van der Waals surface area contributed by atoms with Crippen LogP contribution < -0.4 is 5.32 Å². The van der Waals surface area contributed by atoms with E-state index < -0.39 is 5.82 Å². The Balaban J connectivity index is 2.17. The predicted octanol–water partition coefficient (Wildman–Crippen LogP) is 2.41. The highest BCUT2D eigenvalue weighted by molar-refractivity contribution is 9.10. The van der Waals surface area contributed by atoms with E-state index >= 15 is 0 Å². The first-order valence-electron chi connectivity index (χ1n) is 5.97. The normalized spacial score (nSPS) is 24.1. The van der Waals surface area contributed by atoms with E-state index in [2.05, 4.69) is 21.2 Å². The summed E-state index contributed by atoms with van der Waals surface area (Å²) in [6.07, 6.45) is 0. The van der Waals surface area contributed by atoms with Crippen molar-refractivity contribution in [2.75, 3.05) is 13.1 Å². The van der Waals surface area contributed by atoms with Crippen LogP contribution in [0.25, 0.3) is 0 Å². The molecule has 0 aromatic heterocycles. The maximum absolute atomic E-state index is 13.4. The first-order valence-corrected chi connectivity index (χ1v) is 6.77. The molecule has 1 heterocycles. The molecular formula is C13H16BrFN2O. The van der Waals surface area contributed by atoms with Crippen LogP contribution in [-0.4, -0.2) is 36.0 Å². The topological polar surface area (TPSA) is 32.3 Å². The van der Waals surface area contributed by atoms with Gasteiger partial charge in [-0.15, -0.1) is 0 Å². The number of piperazine rings is 1. The fourth-order valence-electron chi connectivity index (χ4n) is 2.30. The summed E-state index contributed by atoms with van der Waals surface area (Å²) >= 11 is 3.08. The van der Waals surface area contributed by atoms with E-state index in [0.717, 1.165) is 0 Å². The van der Waals surface area contributed by atoms with Gasteiger partial charge in [0.15, 0.2) is 0 Å². The van der Waals surface area contributed by atoms with Gasteiger partial charge in [0.05, 0.1) is 4.47 Å². The minimum absolute atomic E-state index is 0.110. The molecule has 1 aromatic rings. The maximum Gasteiger partial charge on any atom is 0.254 e. The van der Waals surface area contributed by atoms with Crippen molar-refractivity contribution in [3.05, 3.63) is 34.1 Å². The first-order chi connectivity index (χ1) is 8.47. The standard InChI is InChI=1S/C13H16BrFN2O/c1-8-6-17(7-9(2)16-8)13(18)10-3-4-11(14)12(15)5-10/h3-5,8-9,16H,6-7H2,1-2H3. The molecule has 1 aliphatic rings. The smallest absolute Gasteiger partial charge is 0.254 e. The van der Waals surface area contributed by atoms with E-state index in [1.165, 1.54) is 6.07 Å². The van der Waals surface area contributed by atoms with Gasteiger partial charge in [0.25, 0.3) is 5.91 Å². The molecule has 18 heavy (non-hydrogen) atoms. The second kappa shape index (κ2) is 5.36. The summed E-state index contributed by atoms with van der Waals surface area (Å²) < 4.78 is 13.8. The Morgan fingerprint density at radius 2 is 2.00 bits per heavy atom. The quantitative estimate of drug-likeness (QED) is 0.863. The molecule has 1 aromatic carbocycles. The molecule has 1 saturated heterocycles. The third-order valence-electron chi connectivity index (χ3n) is 3.01. The number of hydrogen-bond donors (Lipinski definition) is 1. The van der Waals surface area contributed by atoms with Crippen molar-refractivity contribution in [2.24, 2.45) is 0 Å². The number of carbonyl (C=O) groups excluding carboxylic acids is 1. The van der Waals surface area contributed by atoms with E-state index in [-0.39, 0.29) is 18.0 Å². The highest BCUT2D eigenvalue weighted by atomic mass is 79.9. The van der Waals surface area contributed by atoms with Gasteiger partial charge in [-0.25, -0.2) is 4.39 Å². The van der Waals surface area contributed by atoms with Crippen molar-refractivity contribution in [1.82, 2.24) is 10.2 Å². The summed E-state index contributed by atoms with van der Waals surface area (Å²) in [5.74, 6) is -0.515. The minimum Gasteiger partial charge on any atom is -0.336 e. The Morgan fingerprint density at radius 3 is 2.56 bits per heavy atom. The van der Waals surface area contributed by atoms with Crippen LogP contribution in [-0.2, 0) is 0 Å². The highest BCUT2D eigenvalue weighted by Crippen LogP contribution is 2.18. The molecular weight excluding hydrogens is 299 g/mol. The number of carbonyl (C=O) groups is 1. The Labute approximate surface area is 114 Å². The van der Waals surface area contributed by atoms with Crippen LogP contribution >= 0.6 is 15.9 Å². The van der Waals surface area contributed by atoms with Crippen molar-refractivity contribution in [3.8, 4) is 0 Å². The SMILES string of the molecule is CC1CN(C(=O)c2ccc(Br)c(F)c2)CC(C)N1. The summed E-state index contributed by atoms with van der Waals surface area (Å²) in [4.78, 5) is 14.0. The second-order valence-corrected chi connectivity index (χ2v) is 5.66. The van der Waals surface area contributed by atoms with Crippen LogP contribution in [0.1, 0.15) is 24.2 Å². The van der Waals surface area contributed by atoms with Crippen molar-refractivity contribution >= 4 is 21.8 Å². The lowest BCUT2D eigenvalue weighted by atomic mass is 10.1. The molecule has 2 atom stereocenters. The minimum atomic E-state index is -0.405. The summed E-state index contributed by atoms with van der Waals surface area (Å²) in [7, 11) is 0. The Morgan fingerprint density at radius 1 is 1.39 bits per heavy atom. The van der Waals surface area contributed by atoms with Crippen LogP contribution in [0.3, 0.4) is 0 Å². The number of rotatable bonds is 1. The molecule has 1 aliphatic heterocycles. The van der Waals surface area contributed by atoms with Gasteiger partial charge in [0.1, 0.15) is 5.82 Å². The molecule has 5 heteroatoms. The Bertz CT molecular complexity index is 456. The molecule has 2 rings (SSSR count). The largest absolute Gasteiger partial charge is 0.336 e. The molecule has 1 amide bonds. The molecule has 3 nitrogen and oxygen atoms in total. The summed E-state index contributed by atoms with van der Waals surface area (Å²) in [6, 6.07) is 5.02. The molecule has 0 aliphatic carbocycles. The van der Waals surface area contributed by atoms with E-state index in [0.29, 0.717) is 23.1 Å². The van der Waals surface area contributed by atoms with E-state index in [1.54, 1.807) is 17.0 Å². The van der Waals surface area contributed by atoms with Gasteiger partial charge >= 0.3 is 0 Å². The van der Waals surface area contributed by atoms with Crippen molar-refractivity contribution in [3.63, 3.8) is 0 Å². The van der Waals surface area contributed by atoms with E-state index in [1.807, 2.05) is 13.8 Å². The van der Waals surface area contributed by atoms with Gasteiger partial charge in [-0.3, -0.25) is 4.79 Å². The van der Waals surface area contributed by atoms with Crippen LogP contribution in [0.15, 0.2) is 22.7 Å². The lowest BCUT2D eigenvalue weighted by Gasteiger charge is -2.36. The lowest BCUT2D eigenvalue weighted by molar-refractivity contribution is 0.0673. The first kappa shape index (κ1) is 13.5. The van der Waals surface area contributed by atoms with Gasteiger partial charge in [-0.2, -0.15) is 0 Å². The zero-order valence-corrected chi connectivity index (χ0v) is 12.0. The fraction of sp³-hybridized carbons (Fsp3) is 0.462. The molecule has 1 fully saturated rings. The third kappa shape index (κ3) is 2.90. The number of amides is 1. The number of nitrogens with zero attached hydrogens (tertiary/aromatic N) is 1. The van der Waals surface area contributed by atoms with Crippen molar-refractivity contribution in [2.45, 2.75) is 25.9 Å². The van der Waals surface area contributed by atoms with Gasteiger partial charge in [0.2, 0.25) is 0 Å². The second-order valence-electron chi connectivity index (χ2n) is 4.81. The number of halogens is 2. The molecule has 98 valence electrons. The summed E-state index contributed by atoms with van der Waals surface area (Å²) in [5.41, 5.74) is 0.400. The van der Waals surface area contributed by atoms with Crippen molar-refractivity contribution < 1.29 is 9.18 Å². The maximum atomic E-state index is 13.4. The average Bonchev–Trinajstić information content (AvgIpc) is 2.30. The van der Waals surface area contributed by atoms with E-state index in [9.17, 15) is 9.18 Å². The third-order valence-corrected chi connectivity index (χ3v) is 3.65. The Hall–Kier alpha value is -0.940. The zero-order valence-electron chi connectivity index (χ0n) is 10.4. The summed E-state index contributed by atoms with van der Waals surface area (Å²) in [6.45, 7) is 5.39. The van der Waals surface area contributed by atoms with Crippen molar-refractivity contribution in [1.29, 1.82) is 0 Å². The summed E-state index contributed by atoms with van der Waals surface area (Å²) in [5, 5.41) is 3.36.